The first-order valence-corrected chi connectivity index (χ1v) is 10.1. The molecule has 1 fully saturated rings. The van der Waals surface area contributed by atoms with Crippen molar-refractivity contribution in [3.63, 3.8) is 0 Å². The van der Waals surface area contributed by atoms with Crippen LogP contribution in [0.15, 0.2) is 30.3 Å². The molecule has 2 aromatic rings. The second-order valence-corrected chi connectivity index (χ2v) is 8.70. The number of carbonyl (C=O) groups excluding carboxylic acids is 3. The lowest BCUT2D eigenvalue weighted by atomic mass is 9.92. The Labute approximate surface area is 176 Å². The Balaban J connectivity index is 1.71. The monoisotopic (exact) mass is 411 g/mol. The summed E-state index contributed by atoms with van der Waals surface area (Å²) in [5, 5.41) is 7.68. The second-order valence-electron chi connectivity index (χ2n) is 8.70. The summed E-state index contributed by atoms with van der Waals surface area (Å²) >= 11 is 0. The summed E-state index contributed by atoms with van der Waals surface area (Å²) in [7, 11) is 1.59. The number of nitrogens with zero attached hydrogens (tertiary/aromatic N) is 4. The minimum absolute atomic E-state index is 0.0935. The third-order valence-corrected chi connectivity index (χ3v) is 5.11. The summed E-state index contributed by atoms with van der Waals surface area (Å²) < 4.78 is 1.76. The van der Waals surface area contributed by atoms with Gasteiger partial charge in [-0.25, -0.2) is 9.48 Å². The van der Waals surface area contributed by atoms with Gasteiger partial charge in [-0.2, -0.15) is 5.10 Å². The molecule has 4 amide bonds. The zero-order valence-corrected chi connectivity index (χ0v) is 18.2. The molecule has 1 aliphatic heterocycles. The highest BCUT2D eigenvalue weighted by Crippen LogP contribution is 2.27. The lowest BCUT2D eigenvalue weighted by Crippen LogP contribution is -2.33. The maximum Gasteiger partial charge on any atom is 0.326 e. The highest BCUT2D eigenvalue weighted by atomic mass is 16.2. The molecule has 0 unspecified atom stereocenters. The third kappa shape index (κ3) is 4.53. The Morgan fingerprint density at radius 3 is 2.50 bits per heavy atom. The predicted molar refractivity (Wildman–Crippen MR) is 115 cm³/mol. The van der Waals surface area contributed by atoms with E-state index in [9.17, 15) is 14.4 Å². The molecular formula is C22H29N5O3. The minimum atomic E-state index is -0.312. The molecule has 0 atom stereocenters. The van der Waals surface area contributed by atoms with Crippen LogP contribution in [0, 0.1) is 6.92 Å². The van der Waals surface area contributed by atoms with Gasteiger partial charge in [0.1, 0.15) is 12.4 Å². The maximum absolute atomic E-state index is 12.6. The largest absolute Gasteiger partial charge is 0.326 e. The molecule has 1 N–H and O–H groups in total. The van der Waals surface area contributed by atoms with Crippen molar-refractivity contribution in [1.82, 2.24) is 19.6 Å². The van der Waals surface area contributed by atoms with E-state index < -0.39 is 0 Å². The van der Waals surface area contributed by atoms with Gasteiger partial charge in [0.05, 0.1) is 11.4 Å². The first-order valence-electron chi connectivity index (χ1n) is 10.1. The lowest BCUT2D eigenvalue weighted by Gasteiger charge is -2.14. The van der Waals surface area contributed by atoms with E-state index in [4.69, 9.17) is 5.10 Å². The summed E-state index contributed by atoms with van der Waals surface area (Å²) in [5.41, 5.74) is 2.65. The number of aromatic nitrogens is 2. The fraction of sp³-hybridized carbons (Fsp3) is 0.455. The third-order valence-electron chi connectivity index (χ3n) is 5.11. The summed E-state index contributed by atoms with van der Waals surface area (Å²) in [5.74, 6) is 0.195. The molecule has 0 radical (unpaired) electrons. The van der Waals surface area contributed by atoms with Gasteiger partial charge < -0.3 is 10.2 Å². The summed E-state index contributed by atoms with van der Waals surface area (Å²) in [6.45, 7) is 8.55. The number of para-hydroxylation sites is 1. The van der Waals surface area contributed by atoms with Crippen molar-refractivity contribution in [2.75, 3.05) is 25.5 Å². The van der Waals surface area contributed by atoms with E-state index in [0.29, 0.717) is 12.2 Å². The summed E-state index contributed by atoms with van der Waals surface area (Å²) in [4.78, 5) is 38.9. The van der Waals surface area contributed by atoms with Gasteiger partial charge in [-0.3, -0.25) is 14.5 Å². The standard InChI is InChI=1S/C22H29N5O3/c1-15-9-6-7-10-16(15)27-18(13-17(24-27)22(2,3)4)23-19(28)11-8-12-26-20(29)14-25(5)21(26)30/h6-7,9-10,13H,8,11-12,14H2,1-5H3,(H,23,28). The number of imide groups is 1. The number of nitrogens with one attached hydrogen (secondary N) is 1. The normalized spacial score (nSPS) is 14.6. The number of urea groups is 1. The van der Waals surface area contributed by atoms with Crippen LogP contribution in [0.3, 0.4) is 0 Å². The van der Waals surface area contributed by atoms with Crippen LogP contribution in [0.5, 0.6) is 0 Å². The van der Waals surface area contributed by atoms with Gasteiger partial charge in [-0.15, -0.1) is 0 Å². The smallest absolute Gasteiger partial charge is 0.318 e. The van der Waals surface area contributed by atoms with Gasteiger partial charge in [0.15, 0.2) is 0 Å². The highest BCUT2D eigenvalue weighted by molar-refractivity contribution is 6.01. The lowest BCUT2D eigenvalue weighted by molar-refractivity contribution is -0.125. The number of benzene rings is 1. The van der Waals surface area contributed by atoms with Gasteiger partial charge in [0.2, 0.25) is 11.8 Å². The predicted octanol–water partition coefficient (Wildman–Crippen LogP) is 3.09. The van der Waals surface area contributed by atoms with Crippen LogP contribution in [0.1, 0.15) is 44.9 Å². The van der Waals surface area contributed by atoms with E-state index in [2.05, 4.69) is 26.1 Å². The molecule has 0 spiro atoms. The van der Waals surface area contributed by atoms with Crippen molar-refractivity contribution >= 4 is 23.7 Å². The number of hydrogen-bond acceptors (Lipinski definition) is 4. The van der Waals surface area contributed by atoms with E-state index in [1.807, 2.05) is 37.3 Å². The number of hydrogen-bond donors (Lipinski definition) is 1. The first kappa shape index (κ1) is 21.5. The number of anilines is 1. The number of aryl methyl sites for hydroxylation is 1. The topological polar surface area (TPSA) is 87.5 Å². The Morgan fingerprint density at radius 2 is 1.90 bits per heavy atom. The molecular weight excluding hydrogens is 382 g/mol. The van der Waals surface area contributed by atoms with E-state index in [1.165, 1.54) is 9.80 Å². The quantitative estimate of drug-likeness (QED) is 0.740. The van der Waals surface area contributed by atoms with Crippen LogP contribution in [0.4, 0.5) is 10.6 Å². The molecule has 160 valence electrons. The van der Waals surface area contributed by atoms with Crippen molar-refractivity contribution in [1.29, 1.82) is 0 Å². The molecule has 0 aliphatic carbocycles. The van der Waals surface area contributed by atoms with Crippen LogP contribution >= 0.6 is 0 Å². The zero-order valence-electron chi connectivity index (χ0n) is 18.2. The second kappa shape index (κ2) is 8.30. The zero-order chi connectivity index (χ0) is 22.1. The van der Waals surface area contributed by atoms with Gasteiger partial charge in [0, 0.05) is 31.5 Å². The molecule has 1 saturated heterocycles. The molecule has 30 heavy (non-hydrogen) atoms. The van der Waals surface area contributed by atoms with Crippen LogP contribution < -0.4 is 5.32 Å². The minimum Gasteiger partial charge on any atom is -0.318 e. The molecule has 0 bridgehead atoms. The number of carbonyl (C=O) groups is 3. The molecule has 2 heterocycles. The van der Waals surface area contributed by atoms with Crippen LogP contribution in [-0.4, -0.2) is 57.6 Å². The van der Waals surface area contributed by atoms with Crippen molar-refractivity contribution in [2.45, 2.75) is 46.0 Å². The number of amides is 4. The van der Waals surface area contributed by atoms with Crippen molar-refractivity contribution in [3.8, 4) is 5.69 Å². The van der Waals surface area contributed by atoms with Crippen molar-refractivity contribution in [3.05, 3.63) is 41.6 Å². The summed E-state index contributed by atoms with van der Waals surface area (Å²) in [6.07, 6.45) is 0.604. The highest BCUT2D eigenvalue weighted by Gasteiger charge is 2.33. The fourth-order valence-electron chi connectivity index (χ4n) is 3.31. The Hall–Kier alpha value is -3.16. The number of likely N-dealkylation sites (N-methyl/N-ethyl adjacent to an activating group) is 1. The van der Waals surface area contributed by atoms with Crippen LogP contribution in [0.25, 0.3) is 5.69 Å². The van der Waals surface area contributed by atoms with Gasteiger partial charge in [-0.1, -0.05) is 39.0 Å². The van der Waals surface area contributed by atoms with Gasteiger partial charge in [0.25, 0.3) is 0 Å². The molecule has 3 rings (SSSR count). The molecule has 1 aromatic carbocycles. The van der Waals surface area contributed by atoms with E-state index >= 15 is 0 Å². The summed E-state index contributed by atoms with van der Waals surface area (Å²) in [6, 6.07) is 9.45. The molecule has 1 aliphatic rings. The van der Waals surface area contributed by atoms with E-state index in [-0.39, 0.29) is 42.8 Å². The van der Waals surface area contributed by atoms with Gasteiger partial charge >= 0.3 is 6.03 Å². The first-order chi connectivity index (χ1) is 14.1. The SMILES string of the molecule is Cc1ccccc1-n1nc(C(C)(C)C)cc1NC(=O)CCCN1C(=O)CN(C)C1=O. The van der Waals surface area contributed by atoms with Crippen molar-refractivity contribution in [2.24, 2.45) is 0 Å². The molecule has 1 aromatic heterocycles. The Kier molecular flexibility index (Phi) is 5.96. The van der Waals surface area contributed by atoms with Gasteiger partial charge in [-0.05, 0) is 25.0 Å². The Morgan fingerprint density at radius 1 is 1.20 bits per heavy atom. The van der Waals surface area contributed by atoms with Crippen LogP contribution in [-0.2, 0) is 15.0 Å². The number of rotatable bonds is 6. The van der Waals surface area contributed by atoms with E-state index in [1.54, 1.807) is 11.7 Å². The Bertz CT molecular complexity index is 973. The van der Waals surface area contributed by atoms with Crippen LogP contribution in [0.2, 0.25) is 0 Å². The average Bonchev–Trinajstić information content (AvgIpc) is 3.18. The molecule has 8 nitrogen and oxygen atoms in total. The molecule has 8 heteroatoms. The fourth-order valence-corrected chi connectivity index (χ4v) is 3.31. The van der Waals surface area contributed by atoms with E-state index in [0.717, 1.165) is 16.9 Å². The van der Waals surface area contributed by atoms with Crippen molar-refractivity contribution < 1.29 is 14.4 Å². The molecule has 0 saturated carbocycles. The maximum atomic E-state index is 12.6. The average molecular weight is 412 g/mol.